The lowest BCUT2D eigenvalue weighted by molar-refractivity contribution is -0.141. The van der Waals surface area contributed by atoms with Crippen LogP contribution in [0.25, 0.3) is 10.6 Å². The molecule has 5 aliphatic heterocycles. The third kappa shape index (κ3) is 20.2. The fourth-order valence-electron chi connectivity index (χ4n) is 26.8. The molecule has 21 nitrogen and oxygen atoms in total. The van der Waals surface area contributed by atoms with E-state index in [1.807, 2.05) is 53.6 Å². The van der Waals surface area contributed by atoms with Gasteiger partial charge in [0.15, 0.2) is 9.84 Å². The number of hydrogen-bond acceptors (Lipinski definition) is 14. The summed E-state index contributed by atoms with van der Waals surface area (Å²) in [6.45, 7) is 7.76. The summed E-state index contributed by atoms with van der Waals surface area (Å²) >= 11 is 1.68. The first-order chi connectivity index (χ1) is 69.9. The zero-order chi connectivity index (χ0) is 103. The molecule has 8 aliphatic carbocycles. The second-order valence-electron chi connectivity index (χ2n) is 45.6. The summed E-state index contributed by atoms with van der Waals surface area (Å²) in [6.07, 6.45) is 26.6. The molecule has 0 radical (unpaired) electrons. The van der Waals surface area contributed by atoms with Crippen LogP contribution in [-0.4, -0.2) is 232 Å². The highest BCUT2D eigenvalue weighted by Crippen LogP contribution is 2.58. The van der Waals surface area contributed by atoms with Crippen molar-refractivity contribution >= 4 is 73.0 Å². The maximum atomic E-state index is 14.1. The van der Waals surface area contributed by atoms with Gasteiger partial charge in [0.05, 0.1) is 91.9 Å². The number of rotatable bonds is 23. The molecule has 0 N–H and O–H groups in total. The Bertz CT molecular complexity index is 6130. The molecule has 8 heterocycles. The van der Waals surface area contributed by atoms with E-state index < -0.39 is 43.9 Å². The van der Waals surface area contributed by atoms with Crippen molar-refractivity contribution in [2.24, 2.45) is 23.7 Å². The molecule has 13 fully saturated rings. The molecular formula is C117H147F6N15O6S2. The van der Waals surface area contributed by atoms with Crippen molar-refractivity contribution < 1.29 is 53.9 Å². The monoisotopic (exact) mass is 2040 g/mol. The number of pyridine rings is 2. The van der Waals surface area contributed by atoms with Crippen molar-refractivity contribution in [1.29, 1.82) is 0 Å². The van der Waals surface area contributed by atoms with Crippen LogP contribution >= 0.6 is 11.3 Å². The molecule has 22 rings (SSSR count). The van der Waals surface area contributed by atoms with E-state index in [2.05, 4.69) is 249 Å². The number of anilines is 5. The fraction of sp³-hybridized carbons (Fsp3) is 0.538. The number of carbonyl (C=O) groups excluding carboxylic acids is 4. The van der Waals surface area contributed by atoms with Gasteiger partial charge in [-0.05, 0) is 342 Å². The number of amides is 8. The van der Waals surface area contributed by atoms with Crippen LogP contribution in [0.4, 0.5) is 73.3 Å². The number of benzene rings is 6. The maximum Gasteiger partial charge on any atom is 0.433 e. The topological polar surface area (TPSA) is 170 Å². The number of thiophene rings is 1. The van der Waals surface area contributed by atoms with Crippen molar-refractivity contribution in [2.75, 3.05) is 153 Å². The molecule has 0 atom stereocenters. The maximum absolute atomic E-state index is 14.1. The summed E-state index contributed by atoms with van der Waals surface area (Å²) in [5.74, 6) is 2.24. The Morgan fingerprint density at radius 1 is 0.356 bits per heavy atom. The highest BCUT2D eigenvalue weighted by Gasteiger charge is 2.62. The molecule has 6 aromatic carbocycles. The molecule has 146 heavy (non-hydrogen) atoms. The van der Waals surface area contributed by atoms with Crippen molar-refractivity contribution in [3.8, 4) is 10.6 Å². The average Bonchev–Trinajstić information content (AvgIpc) is 1.59. The van der Waals surface area contributed by atoms with Crippen LogP contribution in [0.1, 0.15) is 226 Å². The van der Waals surface area contributed by atoms with Gasteiger partial charge in [0.2, 0.25) is 0 Å². The molecule has 4 spiro atoms. The Hall–Kier alpha value is -10.4. The number of alkyl halides is 6. The van der Waals surface area contributed by atoms with Crippen LogP contribution in [0.2, 0.25) is 0 Å². The first-order valence-corrected chi connectivity index (χ1v) is 56.2. The standard InChI is InChI=1S/C31H42N4O.C30H36N4OS.C29H36F3N3O3S.C27H33F3N4O/c1-32(2)31(26-12-4-3-5-13-26)18-16-30(17-19-31)24-34(29(36)35(30)23-25-10-8-11-25)28-15-9-14-27(22-28)33-20-6-7-21-33;1-32(2)30(24-11-4-3-5-12-24)18-16-29(17-19-30)22-33(28(35)34(29)21-23-9-8-10-23)27-15-14-26(36-27)25-13-6-7-20-31-25;1-33(2)28(22-10-5-4-6-11-22)16-14-27(15-17-28)20-34(26(36)35(27)19-21-8-7-9-21)24-13-12-23(29(30,31)32)18-25(24)39(3,37)38;1-32(2)26(21-9-4-3-5-10-21)15-13-25(14-16-26)19-33(24(35)34(25)18-20-7-6-8-20)22-11-12-23(31-17-22)27(28,29)30/h3-5,9,12-15,22,25H,6-8,10-11,16-21,23-24H2,1-2H3;3-7,11-15,20,23H,8-10,16-19,21-22H2,1-2H3;4-6,10-13,18,21H,7-9,14-17,19-20H2,1-3H3;3-5,9-12,17,20H,6-8,13-16,18-19H2,1-2H3. The molecule has 0 unspecified atom stereocenters. The van der Waals surface area contributed by atoms with E-state index in [1.165, 1.54) is 103 Å². The van der Waals surface area contributed by atoms with Crippen molar-refractivity contribution in [1.82, 2.24) is 49.2 Å². The Morgan fingerprint density at radius 2 is 0.712 bits per heavy atom. The number of nitrogens with zero attached hydrogens (tertiary/aromatic N) is 15. The summed E-state index contributed by atoms with van der Waals surface area (Å²) in [7, 11) is 13.2. The van der Waals surface area contributed by atoms with E-state index in [0.717, 1.165) is 214 Å². The van der Waals surface area contributed by atoms with Gasteiger partial charge < -0.3 is 24.5 Å². The van der Waals surface area contributed by atoms with Gasteiger partial charge in [-0.25, -0.2) is 32.6 Å². The van der Waals surface area contributed by atoms with Crippen LogP contribution in [-0.2, 0) is 44.3 Å². The van der Waals surface area contributed by atoms with Gasteiger partial charge >= 0.3 is 36.5 Å². The lowest BCUT2D eigenvalue weighted by Gasteiger charge is -2.51. The zero-order valence-electron chi connectivity index (χ0n) is 86.6. The molecule has 8 amide bonds. The number of sulfone groups is 1. The molecule has 13 aliphatic rings. The van der Waals surface area contributed by atoms with Crippen molar-refractivity contribution in [3.63, 3.8) is 0 Å². The molecule has 8 saturated carbocycles. The quantitative estimate of drug-likeness (QED) is 0.0555. The van der Waals surface area contributed by atoms with Crippen molar-refractivity contribution in [2.45, 2.75) is 254 Å². The summed E-state index contributed by atoms with van der Waals surface area (Å²) in [4.78, 5) is 92.3. The van der Waals surface area contributed by atoms with E-state index in [0.29, 0.717) is 61.4 Å². The highest BCUT2D eigenvalue weighted by molar-refractivity contribution is 7.90. The molecule has 0 bridgehead atoms. The van der Waals surface area contributed by atoms with Gasteiger partial charge in [0, 0.05) is 85.3 Å². The van der Waals surface area contributed by atoms with E-state index in [4.69, 9.17) is 0 Å². The summed E-state index contributed by atoms with van der Waals surface area (Å²) < 4.78 is 105. The summed E-state index contributed by atoms with van der Waals surface area (Å²) in [6, 6.07) is 66.9. The number of halogens is 6. The highest BCUT2D eigenvalue weighted by atomic mass is 32.2. The number of aromatic nitrogens is 2. The third-order valence-electron chi connectivity index (χ3n) is 37.0. The van der Waals surface area contributed by atoms with Gasteiger partial charge in [0.1, 0.15) is 5.69 Å². The smallest absolute Gasteiger partial charge is 0.371 e. The molecule has 9 aromatic rings. The van der Waals surface area contributed by atoms with Crippen LogP contribution in [0.3, 0.4) is 0 Å². The Labute approximate surface area is 864 Å². The Kier molecular flexibility index (Phi) is 29.8. The number of carbonyl (C=O) groups is 4. The fourth-order valence-corrected chi connectivity index (χ4v) is 28.7. The van der Waals surface area contributed by atoms with Crippen LogP contribution in [0, 0.1) is 23.7 Å². The largest absolute Gasteiger partial charge is 0.433 e. The Morgan fingerprint density at radius 3 is 1.05 bits per heavy atom. The van der Waals surface area contributed by atoms with Gasteiger partial charge in [-0.2, -0.15) is 26.3 Å². The minimum absolute atomic E-state index is 0.0264. The molecule has 3 aromatic heterocycles. The minimum atomic E-state index is -4.69. The zero-order valence-corrected chi connectivity index (χ0v) is 88.3. The molecular weight excluding hydrogens is 1890 g/mol. The predicted octanol–water partition coefficient (Wildman–Crippen LogP) is 24.6. The van der Waals surface area contributed by atoms with E-state index in [9.17, 15) is 53.9 Å². The lowest BCUT2D eigenvalue weighted by atomic mass is 9.68. The van der Waals surface area contributed by atoms with E-state index >= 15 is 0 Å². The van der Waals surface area contributed by atoms with Crippen LogP contribution < -0.4 is 24.5 Å². The normalized spacial score (nSPS) is 27.4. The number of urea groups is 4. The minimum Gasteiger partial charge on any atom is -0.371 e. The summed E-state index contributed by atoms with van der Waals surface area (Å²) in [5.41, 5.74) is 5.91. The summed E-state index contributed by atoms with van der Waals surface area (Å²) in [5, 5.41) is 1.05. The predicted molar refractivity (Wildman–Crippen MR) is 568 cm³/mol. The van der Waals surface area contributed by atoms with Gasteiger partial charge in [0.25, 0.3) is 0 Å². The van der Waals surface area contributed by atoms with Gasteiger partial charge in [-0.15, -0.1) is 11.3 Å². The second-order valence-corrected chi connectivity index (χ2v) is 48.6. The molecule has 5 saturated heterocycles. The average molecular weight is 2040 g/mol. The first-order valence-electron chi connectivity index (χ1n) is 53.5. The Balaban J connectivity index is 0.000000123. The third-order valence-corrected chi connectivity index (χ3v) is 39.3. The van der Waals surface area contributed by atoms with Crippen LogP contribution in [0.5, 0.6) is 0 Å². The van der Waals surface area contributed by atoms with E-state index in [-0.39, 0.29) is 75.1 Å². The first kappa shape index (κ1) is 104. The van der Waals surface area contributed by atoms with Crippen LogP contribution in [0.15, 0.2) is 224 Å². The van der Waals surface area contributed by atoms with Gasteiger partial charge in [-0.1, -0.05) is 159 Å². The second kappa shape index (κ2) is 41.8. The SMILES string of the molecule is CN(C)C1(c2ccccc2)CCC2(CC1)CN(c1ccc(-c3ccccn3)s1)C(=O)N2CC1CCC1.CN(C)C1(c2ccccc2)CCC2(CC1)CN(c1ccc(C(F)(F)F)cc1S(C)(=O)=O)C(=O)N2CC1CCC1.CN(C)C1(c2ccccc2)CCC2(CC1)CN(c1ccc(C(F)(F)F)nc1)C(=O)N2CC1CCC1.CN(C)C1(c2ccccc2)CCC2(CC1)CN(c1cccc(N3CCCC3)c1)C(=O)N2CC1CCC1. The number of hydrogen-bond donors (Lipinski definition) is 0. The van der Waals surface area contributed by atoms with E-state index in [1.54, 1.807) is 16.2 Å². The molecule has 29 heteroatoms. The van der Waals surface area contributed by atoms with Gasteiger partial charge in [-0.3, -0.25) is 44.2 Å². The van der Waals surface area contributed by atoms with Crippen molar-refractivity contribution in [3.05, 3.63) is 252 Å². The molecule has 780 valence electrons. The lowest BCUT2D eigenvalue weighted by Crippen LogP contribution is -2.56.